The maximum atomic E-state index is 13.1. The van der Waals surface area contributed by atoms with Crippen molar-refractivity contribution < 1.29 is 19.1 Å². The summed E-state index contributed by atoms with van der Waals surface area (Å²) in [7, 11) is 0. The highest BCUT2D eigenvalue weighted by molar-refractivity contribution is 5.83. The number of rotatable bonds is 5. The lowest BCUT2D eigenvalue weighted by Gasteiger charge is -2.36. The van der Waals surface area contributed by atoms with Crippen molar-refractivity contribution in [2.24, 2.45) is 0 Å². The van der Waals surface area contributed by atoms with Crippen LogP contribution in [0, 0.1) is 0 Å². The molecule has 148 valence electrons. The van der Waals surface area contributed by atoms with Crippen molar-refractivity contribution in [2.75, 3.05) is 46.0 Å². The van der Waals surface area contributed by atoms with Gasteiger partial charge in [-0.05, 0) is 31.4 Å². The Kier molecular flexibility index (Phi) is 7.00. The molecular formula is C19H28N4O4. The molecule has 2 fully saturated rings. The first-order valence-electron chi connectivity index (χ1n) is 9.63. The first-order valence-corrected chi connectivity index (χ1v) is 9.63. The number of carbonyl (C=O) groups excluding carboxylic acids is 2. The molecule has 1 atom stereocenters. The van der Waals surface area contributed by atoms with Crippen LogP contribution in [0.1, 0.15) is 31.4 Å². The number of hydrogen-bond acceptors (Lipinski definition) is 6. The maximum absolute atomic E-state index is 13.1. The topological polar surface area (TPSA) is 84.0 Å². The number of morpholine rings is 1. The van der Waals surface area contributed by atoms with Crippen molar-refractivity contribution in [1.82, 2.24) is 20.1 Å². The molecule has 1 N–H and O–H groups in total. The zero-order valence-electron chi connectivity index (χ0n) is 15.8. The summed E-state index contributed by atoms with van der Waals surface area (Å²) in [6.45, 7) is 6.06. The standard InChI is InChI=1S/C19H28N4O4/c1-2-27-19(25)23-8-5-16(6-9-23)21-18(24)17(15-4-3-7-20-14-15)22-10-12-26-13-11-22/h3-4,7,14,16-17H,2,5-6,8-13H2,1H3,(H,21,24)/t17-/m0/s1. The van der Waals surface area contributed by atoms with Gasteiger partial charge in [0.05, 0.1) is 19.8 Å². The number of nitrogens with one attached hydrogen (secondary N) is 1. The van der Waals surface area contributed by atoms with Gasteiger partial charge in [-0.1, -0.05) is 6.07 Å². The fourth-order valence-electron chi connectivity index (χ4n) is 3.60. The van der Waals surface area contributed by atoms with Crippen molar-refractivity contribution in [3.8, 4) is 0 Å². The highest BCUT2D eigenvalue weighted by atomic mass is 16.6. The smallest absolute Gasteiger partial charge is 0.409 e. The van der Waals surface area contributed by atoms with Crippen LogP contribution < -0.4 is 5.32 Å². The quantitative estimate of drug-likeness (QED) is 0.831. The van der Waals surface area contributed by atoms with Crippen molar-refractivity contribution in [1.29, 1.82) is 0 Å². The molecule has 0 bridgehead atoms. The first-order chi connectivity index (χ1) is 13.2. The number of ether oxygens (including phenoxy) is 2. The highest BCUT2D eigenvalue weighted by Crippen LogP contribution is 2.22. The third-order valence-electron chi connectivity index (χ3n) is 5.03. The number of hydrogen-bond donors (Lipinski definition) is 1. The molecule has 0 radical (unpaired) electrons. The van der Waals surface area contributed by atoms with E-state index in [4.69, 9.17) is 9.47 Å². The lowest BCUT2D eigenvalue weighted by atomic mass is 10.0. The van der Waals surface area contributed by atoms with E-state index in [-0.39, 0.29) is 24.1 Å². The van der Waals surface area contributed by atoms with E-state index >= 15 is 0 Å². The number of aromatic nitrogens is 1. The second-order valence-electron chi connectivity index (χ2n) is 6.81. The zero-order valence-corrected chi connectivity index (χ0v) is 15.8. The Morgan fingerprint density at radius 1 is 1.30 bits per heavy atom. The van der Waals surface area contributed by atoms with E-state index in [9.17, 15) is 9.59 Å². The Hall–Kier alpha value is -2.19. The molecule has 8 heteroatoms. The normalized spacial score (nSPS) is 20.1. The van der Waals surface area contributed by atoms with Gasteiger partial charge in [0.2, 0.25) is 5.91 Å². The van der Waals surface area contributed by atoms with Crippen molar-refractivity contribution >= 4 is 12.0 Å². The van der Waals surface area contributed by atoms with Crippen LogP contribution in [0.25, 0.3) is 0 Å². The van der Waals surface area contributed by atoms with Gasteiger partial charge in [0.25, 0.3) is 0 Å². The van der Waals surface area contributed by atoms with Crippen LogP contribution in [0.2, 0.25) is 0 Å². The number of carbonyl (C=O) groups is 2. The van der Waals surface area contributed by atoms with Gasteiger partial charge in [0.15, 0.2) is 0 Å². The van der Waals surface area contributed by atoms with E-state index in [1.165, 1.54) is 0 Å². The van der Waals surface area contributed by atoms with Crippen LogP contribution in [-0.2, 0) is 14.3 Å². The van der Waals surface area contributed by atoms with E-state index in [2.05, 4.69) is 15.2 Å². The van der Waals surface area contributed by atoms with Crippen molar-refractivity contribution in [2.45, 2.75) is 31.8 Å². The third kappa shape index (κ3) is 5.17. The summed E-state index contributed by atoms with van der Waals surface area (Å²) in [4.78, 5) is 32.9. The predicted octanol–water partition coefficient (Wildman–Crippen LogP) is 1.19. The molecule has 0 saturated carbocycles. The average molecular weight is 376 g/mol. The largest absolute Gasteiger partial charge is 0.450 e. The number of pyridine rings is 1. The zero-order chi connectivity index (χ0) is 19.1. The second kappa shape index (κ2) is 9.66. The molecule has 0 unspecified atom stereocenters. The molecule has 3 heterocycles. The van der Waals surface area contributed by atoms with Gasteiger partial charge in [0, 0.05) is 44.6 Å². The monoisotopic (exact) mass is 376 g/mol. The summed E-state index contributed by atoms with van der Waals surface area (Å²) in [5.74, 6) is -0.0144. The number of piperidine rings is 1. The molecule has 1 aromatic heterocycles. The lowest BCUT2D eigenvalue weighted by molar-refractivity contribution is -0.129. The van der Waals surface area contributed by atoms with E-state index in [1.54, 1.807) is 24.2 Å². The van der Waals surface area contributed by atoms with Crippen LogP contribution in [0.15, 0.2) is 24.5 Å². The Bertz CT molecular complexity index is 613. The van der Waals surface area contributed by atoms with Crippen LogP contribution in [-0.4, -0.2) is 78.8 Å². The molecular weight excluding hydrogens is 348 g/mol. The van der Waals surface area contributed by atoms with Gasteiger partial charge in [0.1, 0.15) is 6.04 Å². The minimum atomic E-state index is -0.370. The SMILES string of the molecule is CCOC(=O)N1CCC(NC(=O)[C@H](c2cccnc2)N2CCOCC2)CC1. The molecule has 2 aliphatic heterocycles. The van der Waals surface area contributed by atoms with Gasteiger partial charge >= 0.3 is 6.09 Å². The summed E-state index contributed by atoms with van der Waals surface area (Å²) in [6, 6.07) is 3.48. The summed E-state index contributed by atoms with van der Waals surface area (Å²) in [6.07, 6.45) is 4.65. The van der Waals surface area contributed by atoms with Gasteiger partial charge in [-0.2, -0.15) is 0 Å². The Morgan fingerprint density at radius 3 is 2.67 bits per heavy atom. The summed E-state index contributed by atoms with van der Waals surface area (Å²) in [5.41, 5.74) is 0.890. The molecule has 0 spiro atoms. The molecule has 27 heavy (non-hydrogen) atoms. The molecule has 8 nitrogen and oxygen atoms in total. The van der Waals surface area contributed by atoms with Crippen molar-refractivity contribution in [3.05, 3.63) is 30.1 Å². The first kappa shape index (κ1) is 19.6. The van der Waals surface area contributed by atoms with Gasteiger partial charge in [-0.25, -0.2) is 4.79 Å². The maximum Gasteiger partial charge on any atom is 0.409 e. The molecule has 2 amide bonds. The van der Waals surface area contributed by atoms with E-state index < -0.39 is 0 Å². The predicted molar refractivity (Wildman–Crippen MR) is 99.1 cm³/mol. The van der Waals surface area contributed by atoms with E-state index in [0.717, 1.165) is 18.4 Å². The number of amides is 2. The summed E-state index contributed by atoms with van der Waals surface area (Å²) < 4.78 is 10.5. The molecule has 2 saturated heterocycles. The molecule has 0 aliphatic carbocycles. The van der Waals surface area contributed by atoms with E-state index in [1.807, 2.05) is 12.1 Å². The molecule has 2 aliphatic rings. The Labute approximate surface area is 159 Å². The Morgan fingerprint density at radius 2 is 2.04 bits per heavy atom. The minimum Gasteiger partial charge on any atom is -0.450 e. The minimum absolute atomic E-state index is 0.0144. The Balaban J connectivity index is 1.61. The van der Waals surface area contributed by atoms with E-state index in [0.29, 0.717) is 46.0 Å². The lowest BCUT2D eigenvalue weighted by Crippen LogP contribution is -2.51. The average Bonchev–Trinajstić information content (AvgIpc) is 2.70. The third-order valence-corrected chi connectivity index (χ3v) is 5.03. The van der Waals surface area contributed by atoms with Crippen LogP contribution in [0.3, 0.4) is 0 Å². The number of likely N-dealkylation sites (tertiary alicyclic amines) is 1. The van der Waals surface area contributed by atoms with Gasteiger partial charge < -0.3 is 19.7 Å². The summed E-state index contributed by atoms with van der Waals surface area (Å²) in [5, 5.41) is 3.18. The van der Waals surface area contributed by atoms with Crippen LogP contribution in [0.4, 0.5) is 4.79 Å². The van der Waals surface area contributed by atoms with Gasteiger partial charge in [-0.15, -0.1) is 0 Å². The van der Waals surface area contributed by atoms with Crippen LogP contribution in [0.5, 0.6) is 0 Å². The molecule has 0 aromatic carbocycles. The van der Waals surface area contributed by atoms with Crippen molar-refractivity contribution in [3.63, 3.8) is 0 Å². The fourth-order valence-corrected chi connectivity index (χ4v) is 3.60. The van der Waals surface area contributed by atoms with Crippen LogP contribution >= 0.6 is 0 Å². The van der Waals surface area contributed by atoms with Gasteiger partial charge in [-0.3, -0.25) is 14.7 Å². The molecule has 1 aromatic rings. The fraction of sp³-hybridized carbons (Fsp3) is 0.632. The second-order valence-corrected chi connectivity index (χ2v) is 6.81. The highest BCUT2D eigenvalue weighted by Gasteiger charge is 2.32. The number of nitrogens with zero attached hydrogens (tertiary/aromatic N) is 3. The molecule has 3 rings (SSSR count). The summed E-state index contributed by atoms with van der Waals surface area (Å²) >= 11 is 0.